The average Bonchev–Trinajstić information content (AvgIpc) is 2.37. The predicted octanol–water partition coefficient (Wildman–Crippen LogP) is 2.53. The Kier molecular flexibility index (Phi) is 5.60. The van der Waals surface area contributed by atoms with Crippen molar-refractivity contribution in [2.24, 2.45) is 11.7 Å². The monoisotopic (exact) mass is 304 g/mol. The molecule has 0 aliphatic carbocycles. The normalized spacial score (nSPS) is 13.1. The lowest BCUT2D eigenvalue weighted by Crippen LogP contribution is -2.44. The Morgan fingerprint density at radius 3 is 2.43 bits per heavy atom. The van der Waals surface area contributed by atoms with E-state index < -0.39 is 12.4 Å². The third-order valence-corrected chi connectivity index (χ3v) is 2.99. The number of hydrogen-bond donors (Lipinski definition) is 1. The van der Waals surface area contributed by atoms with Crippen LogP contribution in [-0.2, 0) is 11.3 Å². The first kappa shape index (κ1) is 17.3. The van der Waals surface area contributed by atoms with Gasteiger partial charge in [0, 0.05) is 19.2 Å². The van der Waals surface area contributed by atoms with E-state index in [4.69, 9.17) is 5.73 Å². The van der Waals surface area contributed by atoms with E-state index in [1.54, 1.807) is 19.9 Å². The number of hydrogen-bond acceptors (Lipinski definition) is 3. The molecular weight excluding hydrogens is 285 g/mol. The number of benzene rings is 1. The van der Waals surface area contributed by atoms with Crippen LogP contribution < -0.4 is 10.5 Å². The second-order valence-corrected chi connectivity index (χ2v) is 5.12. The number of nitrogens with two attached hydrogens (primary N) is 1. The number of halogens is 3. The lowest BCUT2D eigenvalue weighted by molar-refractivity contribution is -0.275. The summed E-state index contributed by atoms with van der Waals surface area (Å²) in [6.07, 6.45) is -4.77. The van der Waals surface area contributed by atoms with E-state index in [1.807, 2.05) is 0 Å². The van der Waals surface area contributed by atoms with Crippen LogP contribution in [0.25, 0.3) is 0 Å². The number of para-hydroxylation sites is 1. The number of carbonyl (C=O) groups is 1. The van der Waals surface area contributed by atoms with Gasteiger partial charge >= 0.3 is 6.36 Å². The zero-order valence-corrected chi connectivity index (χ0v) is 12.1. The van der Waals surface area contributed by atoms with Crippen LogP contribution in [-0.4, -0.2) is 30.3 Å². The maximum Gasteiger partial charge on any atom is 0.573 e. The molecule has 1 rings (SSSR count). The van der Waals surface area contributed by atoms with E-state index in [2.05, 4.69) is 4.74 Å². The first-order valence-electron chi connectivity index (χ1n) is 6.46. The van der Waals surface area contributed by atoms with E-state index in [1.165, 1.54) is 30.1 Å². The summed E-state index contributed by atoms with van der Waals surface area (Å²) in [6, 6.07) is 5.02. The van der Waals surface area contributed by atoms with E-state index >= 15 is 0 Å². The van der Waals surface area contributed by atoms with Crippen molar-refractivity contribution < 1.29 is 22.7 Å². The van der Waals surface area contributed by atoms with E-state index in [0.717, 1.165) is 0 Å². The molecule has 21 heavy (non-hydrogen) atoms. The Hall–Kier alpha value is -1.76. The van der Waals surface area contributed by atoms with Crippen LogP contribution in [0.15, 0.2) is 24.3 Å². The van der Waals surface area contributed by atoms with Gasteiger partial charge in [-0.3, -0.25) is 4.79 Å². The molecule has 0 unspecified atom stereocenters. The Morgan fingerprint density at radius 1 is 1.33 bits per heavy atom. The minimum atomic E-state index is -4.77. The molecule has 0 aliphatic rings. The number of rotatable bonds is 5. The van der Waals surface area contributed by atoms with Crippen molar-refractivity contribution in [3.63, 3.8) is 0 Å². The molecular formula is C14H19F3N2O2. The van der Waals surface area contributed by atoms with Gasteiger partial charge < -0.3 is 15.4 Å². The van der Waals surface area contributed by atoms with Crippen molar-refractivity contribution in [1.82, 2.24) is 4.90 Å². The van der Waals surface area contributed by atoms with E-state index in [0.29, 0.717) is 0 Å². The van der Waals surface area contributed by atoms with Crippen LogP contribution >= 0.6 is 0 Å². The zero-order chi connectivity index (χ0) is 16.2. The molecule has 0 bridgehead atoms. The van der Waals surface area contributed by atoms with Crippen LogP contribution in [0, 0.1) is 5.92 Å². The molecule has 118 valence electrons. The highest BCUT2D eigenvalue weighted by Crippen LogP contribution is 2.27. The smallest absolute Gasteiger partial charge is 0.405 e. The number of amides is 1. The summed E-state index contributed by atoms with van der Waals surface area (Å²) in [5.74, 6) is -0.698. The van der Waals surface area contributed by atoms with Gasteiger partial charge in [-0.1, -0.05) is 32.0 Å². The Balaban J connectivity index is 2.86. The summed E-state index contributed by atoms with van der Waals surface area (Å²) in [5, 5.41) is 0. The lowest BCUT2D eigenvalue weighted by atomic mass is 10.0. The molecule has 0 spiro atoms. The van der Waals surface area contributed by atoms with Gasteiger partial charge in [0.05, 0.1) is 6.04 Å². The zero-order valence-electron chi connectivity index (χ0n) is 12.1. The third kappa shape index (κ3) is 5.26. The van der Waals surface area contributed by atoms with Crippen molar-refractivity contribution >= 4 is 5.91 Å². The Labute approximate surface area is 121 Å². The fourth-order valence-corrected chi connectivity index (χ4v) is 1.73. The van der Waals surface area contributed by atoms with Crippen LogP contribution in [0.5, 0.6) is 5.75 Å². The highest BCUT2D eigenvalue weighted by molar-refractivity contribution is 5.81. The van der Waals surface area contributed by atoms with Gasteiger partial charge in [-0.15, -0.1) is 13.2 Å². The molecule has 2 N–H and O–H groups in total. The molecule has 1 aromatic rings. The molecule has 0 fully saturated rings. The van der Waals surface area contributed by atoms with Crippen LogP contribution in [0.4, 0.5) is 13.2 Å². The highest BCUT2D eigenvalue weighted by Gasteiger charge is 2.32. The molecule has 0 saturated heterocycles. The molecule has 1 amide bonds. The molecule has 4 nitrogen and oxygen atoms in total. The summed E-state index contributed by atoms with van der Waals surface area (Å²) in [4.78, 5) is 13.3. The molecule has 0 saturated carbocycles. The fourth-order valence-electron chi connectivity index (χ4n) is 1.73. The maximum atomic E-state index is 12.3. The first-order chi connectivity index (χ1) is 9.61. The molecule has 0 radical (unpaired) electrons. The van der Waals surface area contributed by atoms with Crippen molar-refractivity contribution in [2.75, 3.05) is 7.05 Å². The van der Waals surface area contributed by atoms with E-state index in [-0.39, 0.29) is 29.7 Å². The van der Waals surface area contributed by atoms with Crippen LogP contribution in [0.3, 0.4) is 0 Å². The van der Waals surface area contributed by atoms with E-state index in [9.17, 15) is 18.0 Å². The predicted molar refractivity (Wildman–Crippen MR) is 72.4 cm³/mol. The van der Waals surface area contributed by atoms with Gasteiger partial charge in [-0.25, -0.2) is 0 Å². The quantitative estimate of drug-likeness (QED) is 0.909. The largest absolute Gasteiger partial charge is 0.573 e. The highest BCUT2D eigenvalue weighted by atomic mass is 19.4. The fraction of sp³-hybridized carbons (Fsp3) is 0.500. The minimum Gasteiger partial charge on any atom is -0.405 e. The average molecular weight is 304 g/mol. The first-order valence-corrected chi connectivity index (χ1v) is 6.46. The number of alkyl halides is 3. The van der Waals surface area contributed by atoms with Crippen molar-refractivity contribution in [3.8, 4) is 5.75 Å². The summed E-state index contributed by atoms with van der Waals surface area (Å²) >= 11 is 0. The van der Waals surface area contributed by atoms with Crippen LogP contribution in [0.2, 0.25) is 0 Å². The Morgan fingerprint density at radius 2 is 1.90 bits per heavy atom. The second-order valence-electron chi connectivity index (χ2n) is 5.12. The molecule has 0 aromatic heterocycles. The minimum absolute atomic E-state index is 0.00843. The number of carbonyl (C=O) groups excluding carboxylic acids is 1. The molecule has 1 aromatic carbocycles. The van der Waals surface area contributed by atoms with Crippen molar-refractivity contribution in [3.05, 3.63) is 29.8 Å². The number of likely N-dealkylation sites (N-methyl/N-ethyl adjacent to an activating group) is 1. The van der Waals surface area contributed by atoms with Gasteiger partial charge in [0.25, 0.3) is 0 Å². The summed E-state index contributed by atoms with van der Waals surface area (Å²) < 4.78 is 40.9. The Bertz CT molecular complexity index is 489. The van der Waals surface area contributed by atoms with Crippen molar-refractivity contribution in [1.29, 1.82) is 0 Å². The third-order valence-electron chi connectivity index (χ3n) is 2.99. The summed E-state index contributed by atoms with van der Waals surface area (Å²) in [7, 11) is 1.49. The molecule has 0 heterocycles. The van der Waals surface area contributed by atoms with Gasteiger partial charge in [0.1, 0.15) is 5.75 Å². The van der Waals surface area contributed by atoms with Gasteiger partial charge in [-0.2, -0.15) is 0 Å². The summed E-state index contributed by atoms with van der Waals surface area (Å²) in [5.41, 5.74) is 6.02. The van der Waals surface area contributed by atoms with Gasteiger partial charge in [0.15, 0.2) is 0 Å². The molecule has 7 heteroatoms. The topological polar surface area (TPSA) is 55.6 Å². The second kappa shape index (κ2) is 6.80. The maximum absolute atomic E-state index is 12.3. The SMILES string of the molecule is CC(C)[C@H](N)C(=O)N(C)Cc1ccccc1OC(F)(F)F. The molecule has 1 atom stereocenters. The van der Waals surface area contributed by atoms with Crippen molar-refractivity contribution in [2.45, 2.75) is 32.8 Å². The van der Waals surface area contributed by atoms with Gasteiger partial charge in [0.2, 0.25) is 5.91 Å². The van der Waals surface area contributed by atoms with Gasteiger partial charge in [-0.05, 0) is 12.0 Å². The van der Waals surface area contributed by atoms with Crippen LogP contribution in [0.1, 0.15) is 19.4 Å². The standard InChI is InChI=1S/C14H19F3N2O2/c1-9(2)12(18)13(20)19(3)8-10-6-4-5-7-11(10)21-14(15,16)17/h4-7,9,12H,8,18H2,1-3H3/t12-/m0/s1. The summed E-state index contributed by atoms with van der Waals surface area (Å²) in [6.45, 7) is 3.60. The lowest BCUT2D eigenvalue weighted by Gasteiger charge is -2.24. The number of nitrogens with zero attached hydrogens (tertiary/aromatic N) is 1. The molecule has 0 aliphatic heterocycles. The number of ether oxygens (including phenoxy) is 1.